The van der Waals surface area contributed by atoms with Gasteiger partial charge < -0.3 is 14.2 Å². The highest BCUT2D eigenvalue weighted by Crippen LogP contribution is 2.21. The van der Waals surface area contributed by atoms with E-state index in [-0.39, 0.29) is 0 Å². The maximum absolute atomic E-state index is 5.86. The number of hydrogen-bond donors (Lipinski definition) is 0. The van der Waals surface area contributed by atoms with Gasteiger partial charge in [0, 0.05) is 12.7 Å². The lowest BCUT2D eigenvalue weighted by Crippen LogP contribution is -2.10. The molecule has 0 aliphatic rings. The number of halogens is 1. The number of benzene rings is 1. The molecule has 0 radical (unpaired) electrons. The third kappa shape index (κ3) is 5.39. The summed E-state index contributed by atoms with van der Waals surface area (Å²) in [6, 6.07) is 5.99. The lowest BCUT2D eigenvalue weighted by Gasteiger charge is -2.10. The third-order valence-electron chi connectivity index (χ3n) is 2.28. The molecule has 1 aromatic carbocycles. The molecule has 1 rings (SSSR count). The summed E-state index contributed by atoms with van der Waals surface area (Å²) in [5.74, 6) is 1.29. The summed E-state index contributed by atoms with van der Waals surface area (Å²) in [6.45, 7) is 4.32. The van der Waals surface area contributed by atoms with Crippen molar-refractivity contribution in [1.82, 2.24) is 0 Å². The van der Waals surface area contributed by atoms with E-state index < -0.39 is 0 Å². The van der Waals surface area contributed by atoms with Crippen molar-refractivity contribution in [3.05, 3.63) is 29.3 Å². The zero-order valence-electron chi connectivity index (χ0n) is 10.4. The molecule has 0 spiro atoms. The summed E-state index contributed by atoms with van der Waals surface area (Å²) in [7, 11) is 1.65. The van der Waals surface area contributed by atoms with Gasteiger partial charge >= 0.3 is 0 Å². The molecule has 0 aromatic heterocycles. The lowest BCUT2D eigenvalue weighted by molar-refractivity contribution is 0.0543. The molecule has 0 unspecified atom stereocenters. The second-order valence-corrected chi connectivity index (χ2v) is 3.97. The molecule has 0 saturated carbocycles. The molecule has 0 atom stereocenters. The molecule has 0 bridgehead atoms. The Morgan fingerprint density at radius 1 is 1.12 bits per heavy atom. The first-order chi connectivity index (χ1) is 8.27. The Kier molecular flexibility index (Phi) is 7.01. The number of rotatable bonds is 8. The first-order valence-corrected chi connectivity index (χ1v) is 6.16. The SMILES string of the molecule is COCCOCCOc1ccc(C)cc1CCl. The van der Waals surface area contributed by atoms with Gasteiger partial charge in [0.25, 0.3) is 0 Å². The Labute approximate surface area is 108 Å². The molecule has 0 amide bonds. The van der Waals surface area contributed by atoms with Crippen LogP contribution in [-0.4, -0.2) is 33.5 Å². The monoisotopic (exact) mass is 258 g/mol. The highest BCUT2D eigenvalue weighted by atomic mass is 35.5. The maximum atomic E-state index is 5.86. The minimum absolute atomic E-state index is 0.460. The fraction of sp³-hybridized carbons (Fsp3) is 0.538. The molecule has 0 N–H and O–H groups in total. The van der Waals surface area contributed by atoms with Crippen LogP contribution in [0.2, 0.25) is 0 Å². The normalized spacial score (nSPS) is 10.5. The van der Waals surface area contributed by atoms with Crippen molar-refractivity contribution < 1.29 is 14.2 Å². The van der Waals surface area contributed by atoms with E-state index in [4.69, 9.17) is 25.8 Å². The molecular formula is C13H19ClO3. The lowest BCUT2D eigenvalue weighted by atomic mass is 10.1. The van der Waals surface area contributed by atoms with Gasteiger partial charge in [-0.25, -0.2) is 0 Å². The summed E-state index contributed by atoms with van der Waals surface area (Å²) < 4.78 is 15.8. The van der Waals surface area contributed by atoms with Crippen LogP contribution in [0.15, 0.2) is 18.2 Å². The Bertz CT molecular complexity index is 328. The smallest absolute Gasteiger partial charge is 0.123 e. The molecule has 0 fully saturated rings. The van der Waals surface area contributed by atoms with Crippen molar-refractivity contribution in [3.63, 3.8) is 0 Å². The fourth-order valence-electron chi connectivity index (χ4n) is 1.41. The van der Waals surface area contributed by atoms with E-state index in [0.717, 1.165) is 11.3 Å². The van der Waals surface area contributed by atoms with Crippen LogP contribution in [0.25, 0.3) is 0 Å². The van der Waals surface area contributed by atoms with Gasteiger partial charge in [-0.15, -0.1) is 11.6 Å². The average molecular weight is 259 g/mol. The zero-order chi connectivity index (χ0) is 12.5. The summed E-state index contributed by atoms with van der Waals surface area (Å²) in [5, 5.41) is 0. The van der Waals surface area contributed by atoms with Gasteiger partial charge in [0.05, 0.1) is 25.7 Å². The van der Waals surface area contributed by atoms with Crippen molar-refractivity contribution in [2.24, 2.45) is 0 Å². The van der Waals surface area contributed by atoms with E-state index in [1.165, 1.54) is 5.56 Å². The van der Waals surface area contributed by atoms with Gasteiger partial charge in [0.2, 0.25) is 0 Å². The van der Waals surface area contributed by atoms with Gasteiger partial charge in [0.15, 0.2) is 0 Å². The van der Waals surface area contributed by atoms with Gasteiger partial charge in [-0.05, 0) is 13.0 Å². The number of methoxy groups -OCH3 is 1. The largest absolute Gasteiger partial charge is 0.491 e. The Morgan fingerprint density at radius 3 is 2.59 bits per heavy atom. The van der Waals surface area contributed by atoms with Crippen LogP contribution in [0, 0.1) is 6.92 Å². The minimum Gasteiger partial charge on any atom is -0.491 e. The highest BCUT2D eigenvalue weighted by Gasteiger charge is 2.02. The predicted octanol–water partition coefficient (Wildman–Crippen LogP) is 2.78. The van der Waals surface area contributed by atoms with Crippen LogP contribution in [0.4, 0.5) is 0 Å². The summed E-state index contributed by atoms with van der Waals surface area (Å²) in [5.41, 5.74) is 2.20. The molecule has 3 nitrogen and oxygen atoms in total. The molecule has 96 valence electrons. The van der Waals surface area contributed by atoms with Crippen LogP contribution >= 0.6 is 11.6 Å². The molecule has 0 heterocycles. The quantitative estimate of drug-likeness (QED) is 0.530. The summed E-state index contributed by atoms with van der Waals surface area (Å²) >= 11 is 5.86. The van der Waals surface area contributed by atoms with Gasteiger partial charge in [-0.2, -0.15) is 0 Å². The number of alkyl halides is 1. The molecule has 0 saturated heterocycles. The Hall–Kier alpha value is -0.770. The van der Waals surface area contributed by atoms with Crippen molar-refractivity contribution >= 4 is 11.6 Å². The molecule has 17 heavy (non-hydrogen) atoms. The first-order valence-electron chi connectivity index (χ1n) is 5.63. The van der Waals surface area contributed by atoms with E-state index in [1.807, 2.05) is 25.1 Å². The summed E-state index contributed by atoms with van der Waals surface area (Å²) in [6.07, 6.45) is 0. The molecular weight excluding hydrogens is 240 g/mol. The van der Waals surface area contributed by atoms with E-state index in [1.54, 1.807) is 7.11 Å². The van der Waals surface area contributed by atoms with Crippen LogP contribution < -0.4 is 4.74 Å². The predicted molar refractivity (Wildman–Crippen MR) is 68.9 cm³/mol. The molecule has 0 aliphatic heterocycles. The third-order valence-corrected chi connectivity index (χ3v) is 2.56. The Morgan fingerprint density at radius 2 is 1.88 bits per heavy atom. The van der Waals surface area contributed by atoms with E-state index in [2.05, 4.69) is 0 Å². The van der Waals surface area contributed by atoms with E-state index >= 15 is 0 Å². The van der Waals surface area contributed by atoms with Crippen LogP contribution in [0.3, 0.4) is 0 Å². The fourth-order valence-corrected chi connectivity index (χ4v) is 1.62. The van der Waals surface area contributed by atoms with Crippen molar-refractivity contribution in [3.8, 4) is 5.75 Å². The standard InChI is InChI=1S/C13H19ClO3/c1-11-3-4-13(12(9-11)10-14)17-8-7-16-6-5-15-2/h3-4,9H,5-8,10H2,1-2H3. The first kappa shape index (κ1) is 14.3. The van der Waals surface area contributed by atoms with Crippen molar-refractivity contribution in [1.29, 1.82) is 0 Å². The van der Waals surface area contributed by atoms with Gasteiger partial charge in [-0.3, -0.25) is 0 Å². The highest BCUT2D eigenvalue weighted by molar-refractivity contribution is 6.17. The molecule has 1 aromatic rings. The van der Waals surface area contributed by atoms with Crippen molar-refractivity contribution in [2.75, 3.05) is 33.5 Å². The summed E-state index contributed by atoms with van der Waals surface area (Å²) in [4.78, 5) is 0. The minimum atomic E-state index is 0.460. The van der Waals surface area contributed by atoms with E-state index in [9.17, 15) is 0 Å². The van der Waals surface area contributed by atoms with Crippen LogP contribution in [0.5, 0.6) is 5.75 Å². The average Bonchev–Trinajstić information content (AvgIpc) is 2.35. The van der Waals surface area contributed by atoms with E-state index in [0.29, 0.717) is 32.3 Å². The van der Waals surface area contributed by atoms with Gasteiger partial charge in [-0.1, -0.05) is 17.7 Å². The second kappa shape index (κ2) is 8.34. The maximum Gasteiger partial charge on any atom is 0.123 e. The molecule has 0 aliphatic carbocycles. The van der Waals surface area contributed by atoms with Crippen LogP contribution in [-0.2, 0) is 15.4 Å². The topological polar surface area (TPSA) is 27.7 Å². The zero-order valence-corrected chi connectivity index (χ0v) is 11.1. The number of aryl methyl sites for hydroxylation is 1. The van der Waals surface area contributed by atoms with Crippen LogP contribution in [0.1, 0.15) is 11.1 Å². The number of hydrogen-bond acceptors (Lipinski definition) is 3. The number of ether oxygens (including phenoxy) is 3. The Balaban J connectivity index is 2.31. The van der Waals surface area contributed by atoms with Crippen molar-refractivity contribution in [2.45, 2.75) is 12.8 Å². The van der Waals surface area contributed by atoms with Gasteiger partial charge in [0.1, 0.15) is 12.4 Å². The molecule has 4 heteroatoms. The second-order valence-electron chi connectivity index (χ2n) is 3.70.